The number of ether oxygens (including phenoxy) is 2. The van der Waals surface area contributed by atoms with Crippen LogP contribution in [0.1, 0.15) is 36.1 Å². The van der Waals surface area contributed by atoms with Gasteiger partial charge in [-0.25, -0.2) is 4.98 Å². The van der Waals surface area contributed by atoms with Crippen molar-refractivity contribution in [3.8, 4) is 0 Å². The first kappa shape index (κ1) is 23.6. The van der Waals surface area contributed by atoms with Crippen LogP contribution in [-0.2, 0) is 15.9 Å². The first-order valence-corrected chi connectivity index (χ1v) is 10.2. The van der Waals surface area contributed by atoms with Crippen molar-refractivity contribution in [1.29, 1.82) is 0 Å². The van der Waals surface area contributed by atoms with E-state index in [1.807, 2.05) is 6.20 Å². The first-order chi connectivity index (χ1) is 12.3. The van der Waals surface area contributed by atoms with Gasteiger partial charge in [0.15, 0.2) is 5.96 Å². The molecule has 1 saturated heterocycles. The lowest BCUT2D eigenvalue weighted by molar-refractivity contribution is 0.0205. The average molecular weight is 496 g/mol. The Labute approximate surface area is 178 Å². The minimum atomic E-state index is 0. The molecule has 1 aliphatic heterocycles. The number of halogens is 1. The van der Waals surface area contributed by atoms with E-state index in [1.165, 1.54) is 9.88 Å². The largest absolute Gasteiger partial charge is 0.381 e. The zero-order valence-corrected chi connectivity index (χ0v) is 19.1. The zero-order valence-electron chi connectivity index (χ0n) is 16.0. The highest BCUT2D eigenvalue weighted by Gasteiger charge is 2.13. The Bertz CT molecular complexity index is 507. The first-order valence-electron chi connectivity index (χ1n) is 9.37. The fraction of sp³-hybridized carbons (Fsp3) is 0.778. The molecule has 0 unspecified atom stereocenters. The van der Waals surface area contributed by atoms with Crippen molar-refractivity contribution in [2.75, 3.05) is 46.1 Å². The summed E-state index contributed by atoms with van der Waals surface area (Å²) in [7, 11) is 0. The van der Waals surface area contributed by atoms with Gasteiger partial charge in [0.05, 0.1) is 5.01 Å². The van der Waals surface area contributed by atoms with Gasteiger partial charge in [-0.3, -0.25) is 4.99 Å². The Hall–Kier alpha value is -0.450. The lowest BCUT2D eigenvalue weighted by Gasteiger charge is -2.21. The van der Waals surface area contributed by atoms with Gasteiger partial charge in [0.2, 0.25) is 0 Å². The van der Waals surface area contributed by atoms with Crippen LogP contribution in [0.3, 0.4) is 0 Å². The minimum Gasteiger partial charge on any atom is -0.381 e. The van der Waals surface area contributed by atoms with Gasteiger partial charge >= 0.3 is 0 Å². The summed E-state index contributed by atoms with van der Waals surface area (Å²) in [5.41, 5.74) is 0. The molecule has 1 aromatic rings. The highest BCUT2D eigenvalue weighted by molar-refractivity contribution is 14.0. The number of nitrogens with zero attached hydrogens (tertiary/aromatic N) is 2. The minimum absolute atomic E-state index is 0. The molecule has 0 atom stereocenters. The number of aryl methyl sites for hydroxylation is 1. The Morgan fingerprint density at radius 3 is 2.88 bits per heavy atom. The molecule has 0 spiro atoms. The summed E-state index contributed by atoms with van der Waals surface area (Å²) < 4.78 is 11.1. The highest BCUT2D eigenvalue weighted by atomic mass is 127. The summed E-state index contributed by atoms with van der Waals surface area (Å²) in [4.78, 5) is 10.3. The van der Waals surface area contributed by atoms with Crippen LogP contribution in [0.2, 0.25) is 0 Å². The molecular weight excluding hydrogens is 463 g/mol. The molecule has 150 valence electrons. The normalized spacial score (nSPS) is 15.5. The molecule has 26 heavy (non-hydrogen) atoms. The van der Waals surface area contributed by atoms with Gasteiger partial charge in [-0.05, 0) is 39.0 Å². The van der Waals surface area contributed by atoms with Gasteiger partial charge in [0, 0.05) is 63.6 Å². The van der Waals surface area contributed by atoms with E-state index in [0.29, 0.717) is 5.92 Å². The Kier molecular flexibility index (Phi) is 13.2. The number of aromatic nitrogens is 1. The number of aliphatic imine (C=N–C) groups is 1. The predicted molar refractivity (Wildman–Crippen MR) is 119 cm³/mol. The van der Waals surface area contributed by atoms with E-state index in [0.717, 1.165) is 77.7 Å². The van der Waals surface area contributed by atoms with Crippen molar-refractivity contribution in [3.63, 3.8) is 0 Å². The number of thiazole rings is 1. The molecule has 8 heteroatoms. The maximum Gasteiger partial charge on any atom is 0.191 e. The van der Waals surface area contributed by atoms with Gasteiger partial charge in [0.25, 0.3) is 0 Å². The second kappa shape index (κ2) is 14.6. The van der Waals surface area contributed by atoms with Crippen LogP contribution in [0.15, 0.2) is 11.2 Å². The molecule has 0 aromatic carbocycles. The second-order valence-electron chi connectivity index (χ2n) is 6.29. The summed E-state index contributed by atoms with van der Waals surface area (Å²) in [5, 5.41) is 7.82. The molecule has 0 radical (unpaired) electrons. The monoisotopic (exact) mass is 496 g/mol. The van der Waals surface area contributed by atoms with Crippen LogP contribution in [-0.4, -0.2) is 57.0 Å². The number of hydrogen-bond donors (Lipinski definition) is 2. The summed E-state index contributed by atoms with van der Waals surface area (Å²) in [6, 6.07) is 0. The van der Waals surface area contributed by atoms with Gasteiger partial charge in [-0.15, -0.1) is 35.3 Å². The van der Waals surface area contributed by atoms with Crippen molar-refractivity contribution >= 4 is 41.3 Å². The van der Waals surface area contributed by atoms with E-state index in [1.54, 1.807) is 11.3 Å². The van der Waals surface area contributed by atoms with Gasteiger partial charge in [-0.2, -0.15) is 0 Å². The lowest BCUT2D eigenvalue weighted by atomic mass is 10.0. The van der Waals surface area contributed by atoms with Crippen LogP contribution in [0.25, 0.3) is 0 Å². The van der Waals surface area contributed by atoms with E-state index in [-0.39, 0.29) is 24.0 Å². The second-order valence-corrected chi connectivity index (χ2v) is 7.61. The summed E-state index contributed by atoms with van der Waals surface area (Å²) in [5.74, 6) is 1.55. The van der Waals surface area contributed by atoms with Crippen LogP contribution in [0, 0.1) is 12.8 Å². The Morgan fingerprint density at radius 1 is 1.38 bits per heavy atom. The third kappa shape index (κ3) is 10.0. The zero-order chi connectivity index (χ0) is 17.7. The summed E-state index contributed by atoms with van der Waals surface area (Å²) in [6.07, 6.45) is 6.07. The molecule has 1 fully saturated rings. The summed E-state index contributed by atoms with van der Waals surface area (Å²) >= 11 is 1.76. The molecule has 2 rings (SSSR count). The van der Waals surface area contributed by atoms with Crippen molar-refractivity contribution in [2.45, 2.75) is 39.5 Å². The van der Waals surface area contributed by atoms with E-state index in [4.69, 9.17) is 9.47 Å². The number of nitrogens with one attached hydrogen (secondary N) is 2. The topological polar surface area (TPSA) is 67.8 Å². The highest BCUT2D eigenvalue weighted by Crippen LogP contribution is 2.14. The number of rotatable bonds is 10. The molecular formula is C18H33IN4O2S. The molecule has 0 bridgehead atoms. The standard InChI is InChI=1S/C18H32N4O2S.HI/c1-3-19-18(21-9-5-17-22-13-15(2)25-17)20-8-4-10-24-14-16-6-11-23-12-7-16;/h13,16H,3-12,14H2,1-2H3,(H2,19,20,21);1H. The quantitative estimate of drug-likeness (QED) is 0.226. The Balaban J connectivity index is 0.00000338. The smallest absolute Gasteiger partial charge is 0.191 e. The Morgan fingerprint density at radius 2 is 2.19 bits per heavy atom. The molecule has 2 heterocycles. The molecule has 0 amide bonds. The maximum atomic E-state index is 5.78. The molecule has 2 N–H and O–H groups in total. The fourth-order valence-electron chi connectivity index (χ4n) is 2.67. The van der Waals surface area contributed by atoms with Crippen LogP contribution < -0.4 is 10.6 Å². The SMILES string of the molecule is CCNC(=NCCCOCC1CCOCC1)NCCc1ncc(C)s1.I. The fourth-order valence-corrected chi connectivity index (χ4v) is 3.45. The van der Waals surface area contributed by atoms with E-state index in [2.05, 4.69) is 34.5 Å². The van der Waals surface area contributed by atoms with Crippen molar-refractivity contribution in [3.05, 3.63) is 16.1 Å². The van der Waals surface area contributed by atoms with Gasteiger partial charge in [-0.1, -0.05) is 0 Å². The van der Waals surface area contributed by atoms with Crippen LogP contribution in [0.5, 0.6) is 0 Å². The lowest BCUT2D eigenvalue weighted by Crippen LogP contribution is -2.38. The number of hydrogen-bond acceptors (Lipinski definition) is 5. The van der Waals surface area contributed by atoms with E-state index < -0.39 is 0 Å². The average Bonchev–Trinajstić information content (AvgIpc) is 3.04. The van der Waals surface area contributed by atoms with E-state index in [9.17, 15) is 0 Å². The van der Waals surface area contributed by atoms with Crippen molar-refractivity contribution in [2.24, 2.45) is 10.9 Å². The van der Waals surface area contributed by atoms with Crippen molar-refractivity contribution in [1.82, 2.24) is 15.6 Å². The summed E-state index contributed by atoms with van der Waals surface area (Å²) in [6.45, 7) is 10.1. The van der Waals surface area contributed by atoms with Crippen LogP contribution in [0.4, 0.5) is 0 Å². The van der Waals surface area contributed by atoms with E-state index >= 15 is 0 Å². The molecule has 0 aliphatic carbocycles. The predicted octanol–water partition coefficient (Wildman–Crippen LogP) is 3.00. The maximum absolute atomic E-state index is 5.78. The number of guanidine groups is 1. The molecule has 0 saturated carbocycles. The molecule has 1 aromatic heterocycles. The van der Waals surface area contributed by atoms with Gasteiger partial charge < -0.3 is 20.1 Å². The third-order valence-corrected chi connectivity index (χ3v) is 5.03. The van der Waals surface area contributed by atoms with Gasteiger partial charge in [0.1, 0.15) is 0 Å². The third-order valence-electron chi connectivity index (χ3n) is 4.06. The van der Waals surface area contributed by atoms with Crippen molar-refractivity contribution < 1.29 is 9.47 Å². The molecule has 6 nitrogen and oxygen atoms in total. The molecule has 1 aliphatic rings. The van der Waals surface area contributed by atoms with Crippen LogP contribution >= 0.6 is 35.3 Å².